The van der Waals surface area contributed by atoms with Crippen molar-refractivity contribution in [3.05, 3.63) is 64.7 Å². The number of para-hydroxylation sites is 1. The Morgan fingerprint density at radius 2 is 1.89 bits per heavy atom. The maximum atomic E-state index is 12.3. The maximum Gasteiger partial charge on any atom is 0.243 e. The van der Waals surface area contributed by atoms with Gasteiger partial charge in [0.1, 0.15) is 18.4 Å². The Balaban J connectivity index is 2.25. The molecule has 28 heavy (non-hydrogen) atoms. The summed E-state index contributed by atoms with van der Waals surface area (Å²) in [7, 11) is 4.68. The number of aryl methyl sites for hydroxylation is 1. The summed E-state index contributed by atoms with van der Waals surface area (Å²) in [5.74, 6) is 0.523. The summed E-state index contributed by atoms with van der Waals surface area (Å²) in [5, 5.41) is 6.88. The number of likely N-dealkylation sites (N-methyl/N-ethyl adjacent to an activating group) is 1. The van der Waals surface area contributed by atoms with E-state index in [0.717, 1.165) is 28.0 Å². The minimum atomic E-state index is -0.659. The lowest BCUT2D eigenvalue weighted by Crippen LogP contribution is -2.36. The first-order chi connectivity index (χ1) is 13.5. The van der Waals surface area contributed by atoms with Gasteiger partial charge in [0, 0.05) is 18.2 Å². The van der Waals surface area contributed by atoms with Crippen molar-refractivity contribution in [1.29, 1.82) is 0 Å². The summed E-state index contributed by atoms with van der Waals surface area (Å²) in [6.07, 6.45) is 0. The van der Waals surface area contributed by atoms with E-state index in [0.29, 0.717) is 5.71 Å². The van der Waals surface area contributed by atoms with Crippen LogP contribution in [-0.4, -0.2) is 32.9 Å². The minimum Gasteiger partial charge on any atom is -0.496 e. The number of amides is 1. The molecule has 0 aromatic heterocycles. The first kappa shape index (κ1) is 21.4. The number of hydroxylamine groups is 1. The third kappa shape index (κ3) is 5.09. The fraction of sp³-hybridized carbons (Fsp3) is 0.333. The SMILES string of the molecule is CNC(=O)C(NOC)c1cccc(C)c1CO/N=C(\C)c1ccccc1OC. The van der Waals surface area contributed by atoms with Gasteiger partial charge in [-0.15, -0.1) is 0 Å². The van der Waals surface area contributed by atoms with Crippen molar-refractivity contribution >= 4 is 11.6 Å². The molecule has 1 unspecified atom stereocenters. The number of rotatable bonds is 9. The minimum absolute atomic E-state index is 0.206. The van der Waals surface area contributed by atoms with Crippen molar-refractivity contribution in [2.75, 3.05) is 21.3 Å². The van der Waals surface area contributed by atoms with E-state index < -0.39 is 6.04 Å². The molecule has 0 radical (unpaired) electrons. The lowest BCUT2D eigenvalue weighted by Gasteiger charge is -2.20. The zero-order valence-corrected chi connectivity index (χ0v) is 16.9. The van der Waals surface area contributed by atoms with Crippen LogP contribution in [0.4, 0.5) is 0 Å². The maximum absolute atomic E-state index is 12.3. The molecule has 0 saturated heterocycles. The second kappa shape index (κ2) is 10.4. The molecule has 2 aromatic rings. The molecule has 2 N–H and O–H groups in total. The highest BCUT2D eigenvalue weighted by Crippen LogP contribution is 2.23. The van der Waals surface area contributed by atoms with E-state index in [1.807, 2.05) is 56.3 Å². The summed E-state index contributed by atoms with van der Waals surface area (Å²) < 4.78 is 5.36. The predicted octanol–water partition coefficient (Wildman–Crippen LogP) is 2.88. The van der Waals surface area contributed by atoms with Gasteiger partial charge >= 0.3 is 0 Å². The molecule has 1 atom stereocenters. The first-order valence-corrected chi connectivity index (χ1v) is 8.91. The number of oxime groups is 1. The molecule has 0 heterocycles. The smallest absolute Gasteiger partial charge is 0.243 e. The number of nitrogens with one attached hydrogen (secondary N) is 2. The third-order valence-corrected chi connectivity index (χ3v) is 4.41. The molecule has 7 nitrogen and oxygen atoms in total. The highest BCUT2D eigenvalue weighted by Gasteiger charge is 2.23. The normalized spacial score (nSPS) is 12.4. The van der Waals surface area contributed by atoms with Crippen LogP contribution < -0.4 is 15.5 Å². The molecule has 2 aromatic carbocycles. The number of methoxy groups -OCH3 is 1. The van der Waals surface area contributed by atoms with Crippen molar-refractivity contribution in [3.63, 3.8) is 0 Å². The lowest BCUT2D eigenvalue weighted by atomic mass is 9.96. The Morgan fingerprint density at radius 3 is 2.57 bits per heavy atom. The van der Waals surface area contributed by atoms with Gasteiger partial charge in [-0.25, -0.2) is 0 Å². The van der Waals surface area contributed by atoms with E-state index in [9.17, 15) is 4.79 Å². The average Bonchev–Trinajstić information content (AvgIpc) is 2.72. The molecule has 1 amide bonds. The van der Waals surface area contributed by atoms with E-state index in [2.05, 4.69) is 16.0 Å². The fourth-order valence-electron chi connectivity index (χ4n) is 2.90. The lowest BCUT2D eigenvalue weighted by molar-refractivity contribution is -0.126. The summed E-state index contributed by atoms with van der Waals surface area (Å²) in [6.45, 7) is 4.04. The van der Waals surface area contributed by atoms with Crippen LogP contribution in [0.5, 0.6) is 5.75 Å². The van der Waals surface area contributed by atoms with Crippen LogP contribution in [0, 0.1) is 6.92 Å². The van der Waals surface area contributed by atoms with Crippen LogP contribution in [0.2, 0.25) is 0 Å². The zero-order valence-electron chi connectivity index (χ0n) is 16.9. The molecule has 7 heteroatoms. The Bertz CT molecular complexity index is 836. The van der Waals surface area contributed by atoms with E-state index in [1.165, 1.54) is 7.11 Å². The van der Waals surface area contributed by atoms with Crippen molar-refractivity contribution in [3.8, 4) is 5.75 Å². The fourth-order valence-corrected chi connectivity index (χ4v) is 2.90. The summed E-state index contributed by atoms with van der Waals surface area (Å²) >= 11 is 0. The molecule has 0 bridgehead atoms. The monoisotopic (exact) mass is 385 g/mol. The molecule has 150 valence electrons. The Kier molecular flexibility index (Phi) is 7.98. The van der Waals surface area contributed by atoms with Gasteiger partial charge in [-0.3, -0.25) is 4.79 Å². The topological polar surface area (TPSA) is 81.2 Å². The number of ether oxygens (including phenoxy) is 1. The van der Waals surface area contributed by atoms with Crippen molar-refractivity contribution in [2.45, 2.75) is 26.5 Å². The number of benzene rings is 2. The van der Waals surface area contributed by atoms with Gasteiger partial charge in [-0.2, -0.15) is 5.48 Å². The van der Waals surface area contributed by atoms with Crippen molar-refractivity contribution in [2.24, 2.45) is 5.16 Å². The first-order valence-electron chi connectivity index (χ1n) is 8.91. The summed E-state index contributed by atoms with van der Waals surface area (Å²) in [4.78, 5) is 22.9. The summed E-state index contributed by atoms with van der Waals surface area (Å²) in [5.41, 5.74) is 6.93. The van der Waals surface area contributed by atoms with Crippen molar-refractivity contribution < 1.29 is 19.2 Å². The highest BCUT2D eigenvalue weighted by molar-refractivity contribution is 6.00. The van der Waals surface area contributed by atoms with Gasteiger partial charge in [-0.1, -0.05) is 35.5 Å². The van der Waals surface area contributed by atoms with E-state index in [1.54, 1.807) is 14.2 Å². The molecule has 0 aliphatic carbocycles. The number of carbonyl (C=O) groups is 1. The number of hydrogen-bond acceptors (Lipinski definition) is 6. The number of hydrogen-bond donors (Lipinski definition) is 2. The second-order valence-corrected chi connectivity index (χ2v) is 6.16. The van der Waals surface area contributed by atoms with Crippen molar-refractivity contribution in [1.82, 2.24) is 10.8 Å². The molecular weight excluding hydrogens is 358 g/mol. The molecule has 0 fully saturated rings. The predicted molar refractivity (Wildman–Crippen MR) is 108 cm³/mol. The van der Waals surface area contributed by atoms with E-state index in [4.69, 9.17) is 14.4 Å². The molecule has 0 spiro atoms. The molecular formula is C21H27N3O4. The molecule has 0 aliphatic heterocycles. The van der Waals surface area contributed by atoms with Crippen LogP contribution in [0.1, 0.15) is 35.2 Å². The van der Waals surface area contributed by atoms with Crippen LogP contribution in [-0.2, 0) is 21.1 Å². The molecule has 0 aliphatic rings. The van der Waals surface area contributed by atoms with Crippen LogP contribution in [0.3, 0.4) is 0 Å². The van der Waals surface area contributed by atoms with Gasteiger partial charge in [0.2, 0.25) is 5.91 Å². The van der Waals surface area contributed by atoms with Gasteiger partial charge < -0.3 is 19.7 Å². The van der Waals surface area contributed by atoms with Gasteiger partial charge in [0.15, 0.2) is 0 Å². The van der Waals surface area contributed by atoms with Crippen LogP contribution in [0.15, 0.2) is 47.6 Å². The highest BCUT2D eigenvalue weighted by atomic mass is 16.6. The Hall–Kier alpha value is -2.90. The summed E-state index contributed by atoms with van der Waals surface area (Å²) in [6, 6.07) is 12.7. The zero-order chi connectivity index (χ0) is 20.5. The molecule has 0 saturated carbocycles. The second-order valence-electron chi connectivity index (χ2n) is 6.16. The van der Waals surface area contributed by atoms with Gasteiger partial charge in [0.05, 0.1) is 19.9 Å². The van der Waals surface area contributed by atoms with Gasteiger partial charge in [-0.05, 0) is 37.1 Å². The van der Waals surface area contributed by atoms with Gasteiger partial charge in [0.25, 0.3) is 0 Å². The standard InChI is InChI=1S/C21H27N3O4/c1-14-9-8-11-17(20(24-27-5)21(25)22-3)18(14)13-28-23-15(2)16-10-6-7-12-19(16)26-4/h6-12,20,24H,13H2,1-5H3,(H,22,25)/b23-15+. The van der Waals surface area contributed by atoms with Crippen LogP contribution in [0.25, 0.3) is 0 Å². The third-order valence-electron chi connectivity index (χ3n) is 4.41. The average molecular weight is 385 g/mol. The van der Waals surface area contributed by atoms with E-state index in [-0.39, 0.29) is 12.5 Å². The van der Waals surface area contributed by atoms with E-state index >= 15 is 0 Å². The Labute approximate surface area is 165 Å². The number of nitrogens with zero attached hydrogens (tertiary/aromatic N) is 1. The molecule has 2 rings (SSSR count). The Morgan fingerprint density at radius 1 is 1.14 bits per heavy atom. The largest absolute Gasteiger partial charge is 0.496 e. The number of carbonyl (C=O) groups excluding carboxylic acids is 1. The van der Waals surface area contributed by atoms with Crippen LogP contribution >= 0.6 is 0 Å². The quantitative estimate of drug-likeness (QED) is 0.512.